The Hall–Kier alpha value is -2.75. The molecule has 8 nitrogen and oxygen atoms in total. The highest BCUT2D eigenvalue weighted by molar-refractivity contribution is 7.86. The Bertz CT molecular complexity index is 1190. The standard InChI is InChI=1S/C21H25N5O3S/c1-15-8-9-16-18(14-15)22-20(17-6-4-5-7-19(17)27)23-21(16)25-10-12-26(13-11-25)30(28,29)24(2)3/h4-9,14,27H,10-13H2,1-3H3. The van der Waals surface area contributed by atoms with Gasteiger partial charge >= 0.3 is 0 Å². The quantitative estimate of drug-likeness (QED) is 0.687. The SMILES string of the molecule is Cc1ccc2c(N3CCN(S(=O)(=O)N(C)C)CC3)nc(-c3ccccc3O)nc2c1. The Kier molecular flexibility index (Phi) is 5.35. The number of anilines is 1. The van der Waals surface area contributed by atoms with Crippen molar-refractivity contribution in [3.8, 4) is 17.1 Å². The third-order valence-electron chi connectivity index (χ3n) is 5.30. The normalized spacial score (nSPS) is 15.8. The molecule has 2 heterocycles. The molecule has 2 aromatic carbocycles. The highest BCUT2D eigenvalue weighted by Crippen LogP contribution is 2.32. The van der Waals surface area contributed by atoms with Gasteiger partial charge in [0.25, 0.3) is 10.2 Å². The van der Waals surface area contributed by atoms with Crippen molar-refractivity contribution < 1.29 is 13.5 Å². The minimum atomic E-state index is -3.44. The fourth-order valence-electron chi connectivity index (χ4n) is 3.61. The molecule has 0 spiro atoms. The number of aromatic hydroxyl groups is 1. The van der Waals surface area contributed by atoms with Crippen molar-refractivity contribution in [3.63, 3.8) is 0 Å². The first-order valence-corrected chi connectivity index (χ1v) is 11.2. The van der Waals surface area contributed by atoms with Gasteiger partial charge in [-0.25, -0.2) is 9.97 Å². The van der Waals surface area contributed by atoms with Crippen LogP contribution < -0.4 is 4.90 Å². The molecule has 1 aliphatic heterocycles. The van der Waals surface area contributed by atoms with E-state index in [1.165, 1.54) is 8.61 Å². The van der Waals surface area contributed by atoms with Crippen LogP contribution in [0.3, 0.4) is 0 Å². The highest BCUT2D eigenvalue weighted by Gasteiger charge is 2.30. The summed E-state index contributed by atoms with van der Waals surface area (Å²) in [4.78, 5) is 11.6. The van der Waals surface area contributed by atoms with Crippen LogP contribution in [0.25, 0.3) is 22.3 Å². The van der Waals surface area contributed by atoms with Gasteiger partial charge in [0.1, 0.15) is 11.6 Å². The van der Waals surface area contributed by atoms with Crippen molar-refractivity contribution in [2.45, 2.75) is 6.92 Å². The summed E-state index contributed by atoms with van der Waals surface area (Å²) < 4.78 is 27.6. The van der Waals surface area contributed by atoms with Gasteiger partial charge in [-0.15, -0.1) is 0 Å². The number of piperazine rings is 1. The lowest BCUT2D eigenvalue weighted by atomic mass is 10.1. The average molecular weight is 428 g/mol. The second-order valence-electron chi connectivity index (χ2n) is 7.58. The Morgan fingerprint density at radius 3 is 2.37 bits per heavy atom. The molecule has 3 aromatic rings. The van der Waals surface area contributed by atoms with Crippen molar-refractivity contribution in [2.24, 2.45) is 0 Å². The van der Waals surface area contributed by atoms with E-state index in [1.807, 2.05) is 31.2 Å². The number of aryl methyl sites for hydroxylation is 1. The van der Waals surface area contributed by atoms with Crippen LogP contribution in [0.2, 0.25) is 0 Å². The molecule has 1 fully saturated rings. The van der Waals surface area contributed by atoms with Crippen molar-refractivity contribution in [3.05, 3.63) is 48.0 Å². The Morgan fingerprint density at radius 1 is 1.00 bits per heavy atom. The average Bonchev–Trinajstić information content (AvgIpc) is 2.73. The molecule has 1 aromatic heterocycles. The first-order valence-electron chi connectivity index (χ1n) is 9.76. The second-order valence-corrected chi connectivity index (χ2v) is 9.73. The molecule has 0 radical (unpaired) electrons. The van der Waals surface area contributed by atoms with Gasteiger partial charge in [-0.05, 0) is 36.8 Å². The van der Waals surface area contributed by atoms with Gasteiger partial charge in [-0.2, -0.15) is 17.0 Å². The summed E-state index contributed by atoms with van der Waals surface area (Å²) in [6, 6.07) is 13.0. The molecular weight excluding hydrogens is 402 g/mol. The van der Waals surface area contributed by atoms with Gasteiger partial charge in [0.2, 0.25) is 0 Å². The molecule has 0 bridgehead atoms. The van der Waals surface area contributed by atoms with E-state index in [0.29, 0.717) is 37.6 Å². The van der Waals surface area contributed by atoms with E-state index < -0.39 is 10.2 Å². The molecule has 1 N–H and O–H groups in total. The lowest BCUT2D eigenvalue weighted by molar-refractivity contribution is 0.355. The zero-order valence-electron chi connectivity index (χ0n) is 17.3. The molecule has 0 saturated carbocycles. The summed E-state index contributed by atoms with van der Waals surface area (Å²) in [5, 5.41) is 11.2. The number of benzene rings is 2. The fourth-order valence-corrected chi connectivity index (χ4v) is 4.70. The summed E-state index contributed by atoms with van der Waals surface area (Å²) in [6.07, 6.45) is 0. The number of phenolic OH excluding ortho intramolecular Hbond substituents is 1. The molecule has 30 heavy (non-hydrogen) atoms. The van der Waals surface area contributed by atoms with Crippen molar-refractivity contribution in [2.75, 3.05) is 45.2 Å². The summed E-state index contributed by atoms with van der Waals surface area (Å²) in [6.45, 7) is 3.81. The predicted octanol–water partition coefficient (Wildman–Crippen LogP) is 2.24. The predicted molar refractivity (Wildman–Crippen MR) is 118 cm³/mol. The molecule has 0 unspecified atom stereocenters. The monoisotopic (exact) mass is 427 g/mol. The fraction of sp³-hybridized carbons (Fsp3) is 0.333. The number of hydrogen-bond acceptors (Lipinski definition) is 6. The molecule has 1 aliphatic rings. The van der Waals surface area contributed by atoms with Gasteiger partial charge in [0.15, 0.2) is 5.82 Å². The second kappa shape index (κ2) is 7.82. The Labute approximate surface area is 176 Å². The molecule has 158 valence electrons. The molecule has 1 saturated heterocycles. The van der Waals surface area contributed by atoms with Crippen LogP contribution in [0.15, 0.2) is 42.5 Å². The number of hydrogen-bond donors (Lipinski definition) is 1. The summed E-state index contributed by atoms with van der Waals surface area (Å²) >= 11 is 0. The summed E-state index contributed by atoms with van der Waals surface area (Å²) in [5.41, 5.74) is 2.44. The molecule has 0 aliphatic carbocycles. The maximum atomic E-state index is 12.4. The Morgan fingerprint density at radius 2 is 1.70 bits per heavy atom. The van der Waals surface area contributed by atoms with Crippen LogP contribution in [-0.2, 0) is 10.2 Å². The third kappa shape index (κ3) is 3.71. The van der Waals surface area contributed by atoms with Gasteiger partial charge < -0.3 is 10.0 Å². The first-order chi connectivity index (χ1) is 14.3. The topological polar surface area (TPSA) is 89.9 Å². The number of phenols is 1. The van der Waals surface area contributed by atoms with E-state index >= 15 is 0 Å². The number of rotatable bonds is 4. The van der Waals surface area contributed by atoms with E-state index in [4.69, 9.17) is 4.98 Å². The van der Waals surface area contributed by atoms with E-state index in [1.54, 1.807) is 32.3 Å². The lowest BCUT2D eigenvalue weighted by Crippen LogP contribution is -2.52. The van der Waals surface area contributed by atoms with Crippen LogP contribution in [-0.4, -0.2) is 72.4 Å². The Balaban J connectivity index is 1.75. The van der Waals surface area contributed by atoms with Crippen LogP contribution in [0, 0.1) is 6.92 Å². The zero-order valence-corrected chi connectivity index (χ0v) is 18.1. The highest BCUT2D eigenvalue weighted by atomic mass is 32.2. The largest absolute Gasteiger partial charge is 0.507 e. The molecule has 9 heteroatoms. The minimum Gasteiger partial charge on any atom is -0.507 e. The molecule has 0 atom stereocenters. The van der Waals surface area contributed by atoms with Crippen LogP contribution >= 0.6 is 0 Å². The molecule has 0 amide bonds. The maximum Gasteiger partial charge on any atom is 0.281 e. The van der Waals surface area contributed by atoms with E-state index in [2.05, 4.69) is 9.88 Å². The number of fused-ring (bicyclic) bond motifs is 1. The zero-order chi connectivity index (χ0) is 21.5. The van der Waals surface area contributed by atoms with Crippen LogP contribution in [0.4, 0.5) is 5.82 Å². The van der Waals surface area contributed by atoms with Crippen molar-refractivity contribution in [1.82, 2.24) is 18.6 Å². The number of aromatic nitrogens is 2. The van der Waals surface area contributed by atoms with Crippen LogP contribution in [0.5, 0.6) is 5.75 Å². The smallest absolute Gasteiger partial charge is 0.281 e. The molecule has 4 rings (SSSR count). The minimum absolute atomic E-state index is 0.123. The van der Waals surface area contributed by atoms with Crippen molar-refractivity contribution >= 4 is 26.9 Å². The molecular formula is C21H25N5O3S. The van der Waals surface area contributed by atoms with Crippen molar-refractivity contribution in [1.29, 1.82) is 0 Å². The van der Waals surface area contributed by atoms with E-state index in [0.717, 1.165) is 22.3 Å². The number of nitrogens with zero attached hydrogens (tertiary/aromatic N) is 5. The van der Waals surface area contributed by atoms with Gasteiger partial charge in [0.05, 0.1) is 11.1 Å². The summed E-state index contributed by atoms with van der Waals surface area (Å²) in [5.74, 6) is 1.32. The van der Waals surface area contributed by atoms with Gasteiger partial charge in [0, 0.05) is 45.7 Å². The first kappa shape index (κ1) is 20.5. The number of para-hydroxylation sites is 1. The lowest BCUT2D eigenvalue weighted by Gasteiger charge is -2.36. The van der Waals surface area contributed by atoms with Gasteiger partial charge in [-0.1, -0.05) is 18.2 Å². The summed E-state index contributed by atoms with van der Waals surface area (Å²) in [7, 11) is -0.352. The van der Waals surface area contributed by atoms with Gasteiger partial charge in [-0.3, -0.25) is 0 Å². The maximum absolute atomic E-state index is 12.4. The van der Waals surface area contributed by atoms with E-state index in [-0.39, 0.29) is 5.75 Å². The van der Waals surface area contributed by atoms with E-state index in [9.17, 15) is 13.5 Å². The third-order valence-corrected chi connectivity index (χ3v) is 7.24. The van der Waals surface area contributed by atoms with Crippen LogP contribution in [0.1, 0.15) is 5.56 Å².